The molecule has 2 N–H and O–H groups in total. The van der Waals surface area contributed by atoms with Gasteiger partial charge in [0, 0.05) is 32.6 Å². The summed E-state index contributed by atoms with van der Waals surface area (Å²) in [6, 6.07) is 9.16. The molecule has 1 unspecified atom stereocenters. The van der Waals surface area contributed by atoms with Crippen molar-refractivity contribution in [2.75, 3.05) is 31.6 Å². The van der Waals surface area contributed by atoms with E-state index in [9.17, 15) is 14.3 Å². The average molecular weight is 485 g/mol. The van der Waals surface area contributed by atoms with Crippen LogP contribution in [-0.4, -0.2) is 53.9 Å². The highest BCUT2D eigenvalue weighted by Gasteiger charge is 2.29. The third-order valence-electron chi connectivity index (χ3n) is 5.10. The third kappa shape index (κ3) is 6.97. The number of ether oxygens (including phenoxy) is 2. The number of hydrogen-bond donors (Lipinski definition) is 2. The van der Waals surface area contributed by atoms with Crippen LogP contribution in [0.15, 0.2) is 36.4 Å². The van der Waals surface area contributed by atoms with Crippen LogP contribution < -0.4 is 14.8 Å². The van der Waals surface area contributed by atoms with Gasteiger partial charge in [0.15, 0.2) is 0 Å². The minimum Gasteiger partial charge on any atom is -0.489 e. The fourth-order valence-electron chi connectivity index (χ4n) is 3.61. The van der Waals surface area contributed by atoms with Crippen LogP contribution in [0.3, 0.4) is 0 Å². The number of amides is 1. The van der Waals surface area contributed by atoms with Crippen LogP contribution in [0.5, 0.6) is 11.5 Å². The fourth-order valence-corrected chi connectivity index (χ4v) is 3.95. The molecule has 1 aliphatic rings. The van der Waals surface area contributed by atoms with Gasteiger partial charge >= 0.3 is 0 Å². The van der Waals surface area contributed by atoms with E-state index in [0.717, 1.165) is 25.9 Å². The lowest BCUT2D eigenvalue weighted by atomic mass is 10.0. The maximum Gasteiger partial charge on any atom is 0.221 e. The number of β-amino-alcohol motifs (C(OH)–C–C–N with tert-alkyl or cyclic N) is 1. The average Bonchev–Trinajstić information content (AvgIpc) is 2.72. The molecular weight excluding hydrogens is 458 g/mol. The molecule has 0 aromatic heterocycles. The van der Waals surface area contributed by atoms with Gasteiger partial charge in [0.2, 0.25) is 5.91 Å². The van der Waals surface area contributed by atoms with Crippen molar-refractivity contribution in [3.63, 3.8) is 0 Å². The standard InChI is InChI=1S/C23H27Cl2FN2O4/c1-15(29)27-19-7-6-16(26)12-21(19)31-14-23(2,30)13-28-10-8-17(9-11-28)32-20-5-3-4-18(24)22(20)25/h3-7,12,17,30H,8-11,13-14H2,1-2H3,(H,27,29). The van der Waals surface area contributed by atoms with Gasteiger partial charge in [0.05, 0.1) is 10.7 Å². The van der Waals surface area contributed by atoms with Gasteiger partial charge in [0.1, 0.15) is 40.7 Å². The van der Waals surface area contributed by atoms with Crippen LogP contribution >= 0.6 is 23.2 Å². The molecule has 6 nitrogen and oxygen atoms in total. The molecule has 1 saturated heterocycles. The van der Waals surface area contributed by atoms with Crippen molar-refractivity contribution in [3.8, 4) is 11.5 Å². The summed E-state index contributed by atoms with van der Waals surface area (Å²) in [4.78, 5) is 13.5. The zero-order valence-corrected chi connectivity index (χ0v) is 19.5. The molecule has 1 aliphatic heterocycles. The van der Waals surface area contributed by atoms with Crippen molar-refractivity contribution in [1.82, 2.24) is 4.90 Å². The van der Waals surface area contributed by atoms with E-state index in [0.29, 0.717) is 28.0 Å². The predicted octanol–water partition coefficient (Wildman–Crippen LogP) is 4.76. The zero-order valence-electron chi connectivity index (χ0n) is 18.0. The van der Waals surface area contributed by atoms with E-state index in [1.54, 1.807) is 25.1 Å². The number of carbonyl (C=O) groups is 1. The van der Waals surface area contributed by atoms with E-state index in [4.69, 9.17) is 32.7 Å². The summed E-state index contributed by atoms with van der Waals surface area (Å²) in [7, 11) is 0. The second-order valence-corrected chi connectivity index (χ2v) is 9.04. The Hall–Kier alpha value is -2.06. The van der Waals surface area contributed by atoms with Crippen molar-refractivity contribution >= 4 is 34.8 Å². The third-order valence-corrected chi connectivity index (χ3v) is 5.90. The number of piperidine rings is 1. The van der Waals surface area contributed by atoms with Gasteiger partial charge in [-0.2, -0.15) is 0 Å². The number of halogens is 3. The number of benzene rings is 2. The molecule has 1 fully saturated rings. The van der Waals surface area contributed by atoms with Crippen molar-refractivity contribution in [2.45, 2.75) is 38.4 Å². The maximum atomic E-state index is 13.6. The molecule has 0 saturated carbocycles. The Morgan fingerprint density at radius 1 is 1.25 bits per heavy atom. The van der Waals surface area contributed by atoms with Gasteiger partial charge in [-0.1, -0.05) is 29.3 Å². The minimum atomic E-state index is -1.18. The molecule has 1 atom stereocenters. The van der Waals surface area contributed by atoms with E-state index < -0.39 is 11.4 Å². The lowest BCUT2D eigenvalue weighted by molar-refractivity contribution is -0.114. The number of rotatable bonds is 8. The summed E-state index contributed by atoms with van der Waals surface area (Å²) in [5.74, 6) is -0.0398. The second-order valence-electron chi connectivity index (χ2n) is 8.25. The number of likely N-dealkylation sites (tertiary alicyclic amines) is 1. The first kappa shape index (κ1) is 24.6. The number of aliphatic hydroxyl groups is 1. The maximum absolute atomic E-state index is 13.6. The molecular formula is C23H27Cl2FN2O4. The number of carbonyl (C=O) groups excluding carboxylic acids is 1. The molecule has 2 aromatic carbocycles. The summed E-state index contributed by atoms with van der Waals surface area (Å²) in [6.07, 6.45) is 1.56. The summed E-state index contributed by atoms with van der Waals surface area (Å²) in [5.41, 5.74) is -0.823. The molecule has 9 heteroatoms. The van der Waals surface area contributed by atoms with E-state index in [-0.39, 0.29) is 24.4 Å². The molecule has 32 heavy (non-hydrogen) atoms. The summed E-state index contributed by atoms with van der Waals surface area (Å²) >= 11 is 12.2. The van der Waals surface area contributed by atoms with Gasteiger partial charge in [-0.05, 0) is 44.0 Å². The van der Waals surface area contributed by atoms with Gasteiger partial charge < -0.3 is 24.8 Å². The monoisotopic (exact) mass is 484 g/mol. The highest BCUT2D eigenvalue weighted by Crippen LogP contribution is 2.33. The first-order valence-corrected chi connectivity index (χ1v) is 11.1. The van der Waals surface area contributed by atoms with E-state index in [1.807, 2.05) is 0 Å². The van der Waals surface area contributed by atoms with Crippen LogP contribution in [0, 0.1) is 5.82 Å². The molecule has 0 bridgehead atoms. The van der Waals surface area contributed by atoms with Crippen LogP contribution in [0.1, 0.15) is 26.7 Å². The van der Waals surface area contributed by atoms with Gasteiger partial charge in [0.25, 0.3) is 0 Å². The Bertz CT molecular complexity index is 950. The number of nitrogens with zero attached hydrogens (tertiary/aromatic N) is 1. The van der Waals surface area contributed by atoms with E-state index in [2.05, 4.69) is 10.2 Å². The molecule has 1 heterocycles. The Balaban J connectivity index is 1.51. The highest BCUT2D eigenvalue weighted by atomic mass is 35.5. The molecule has 174 valence electrons. The Kier molecular flexibility index (Phi) is 8.22. The molecule has 0 aliphatic carbocycles. The van der Waals surface area contributed by atoms with Crippen LogP contribution in [0.2, 0.25) is 10.0 Å². The van der Waals surface area contributed by atoms with Crippen molar-refractivity contribution < 1.29 is 23.8 Å². The van der Waals surface area contributed by atoms with Gasteiger partial charge in [-0.25, -0.2) is 4.39 Å². The summed E-state index contributed by atoms with van der Waals surface area (Å²) in [6.45, 7) is 4.81. The minimum absolute atomic E-state index is 0.0101. The molecule has 3 rings (SSSR count). The number of anilines is 1. The smallest absolute Gasteiger partial charge is 0.221 e. The number of nitrogens with one attached hydrogen (secondary N) is 1. The fraction of sp³-hybridized carbons (Fsp3) is 0.435. The second kappa shape index (κ2) is 10.7. The Morgan fingerprint density at radius 3 is 2.66 bits per heavy atom. The van der Waals surface area contributed by atoms with Crippen molar-refractivity contribution in [1.29, 1.82) is 0 Å². The van der Waals surface area contributed by atoms with Gasteiger partial charge in [-0.3, -0.25) is 4.79 Å². The molecule has 2 aromatic rings. The van der Waals surface area contributed by atoms with Crippen LogP contribution in [0.25, 0.3) is 0 Å². The topological polar surface area (TPSA) is 71.0 Å². The number of hydrogen-bond acceptors (Lipinski definition) is 5. The van der Waals surface area contributed by atoms with Crippen LogP contribution in [0.4, 0.5) is 10.1 Å². The van der Waals surface area contributed by atoms with Gasteiger partial charge in [-0.15, -0.1) is 0 Å². The quantitative estimate of drug-likeness (QED) is 0.564. The summed E-state index contributed by atoms with van der Waals surface area (Å²) in [5, 5.41) is 14.3. The first-order valence-electron chi connectivity index (χ1n) is 10.4. The van der Waals surface area contributed by atoms with Crippen molar-refractivity contribution in [3.05, 3.63) is 52.3 Å². The first-order chi connectivity index (χ1) is 15.1. The Labute approximate surface area is 197 Å². The summed E-state index contributed by atoms with van der Waals surface area (Å²) < 4.78 is 25.3. The lowest BCUT2D eigenvalue weighted by Gasteiger charge is -2.36. The van der Waals surface area contributed by atoms with E-state index in [1.165, 1.54) is 25.1 Å². The molecule has 0 spiro atoms. The predicted molar refractivity (Wildman–Crippen MR) is 123 cm³/mol. The largest absolute Gasteiger partial charge is 0.489 e. The molecule has 0 radical (unpaired) electrons. The SMILES string of the molecule is CC(=O)Nc1ccc(F)cc1OCC(C)(O)CN1CCC(Oc2cccc(Cl)c2Cl)CC1. The molecule has 1 amide bonds. The Morgan fingerprint density at radius 2 is 1.97 bits per heavy atom. The zero-order chi connectivity index (χ0) is 23.3. The van der Waals surface area contributed by atoms with Crippen LogP contribution in [-0.2, 0) is 4.79 Å². The van der Waals surface area contributed by atoms with E-state index >= 15 is 0 Å². The normalized spacial score (nSPS) is 16.9. The van der Waals surface area contributed by atoms with Crippen molar-refractivity contribution in [2.24, 2.45) is 0 Å². The highest BCUT2D eigenvalue weighted by molar-refractivity contribution is 6.42. The lowest BCUT2D eigenvalue weighted by Crippen LogP contribution is -2.48.